The normalized spacial score (nSPS) is 19.9. The van der Waals surface area contributed by atoms with Gasteiger partial charge in [-0.3, -0.25) is 4.79 Å². The summed E-state index contributed by atoms with van der Waals surface area (Å²) in [6.45, 7) is 4.95. The lowest BCUT2D eigenvalue weighted by molar-refractivity contribution is 0.101. The minimum absolute atomic E-state index is 0.151. The van der Waals surface area contributed by atoms with Gasteiger partial charge < -0.3 is 4.90 Å². The fourth-order valence-electron chi connectivity index (χ4n) is 2.78. The molecule has 2 nitrogen and oxygen atoms in total. The lowest BCUT2D eigenvalue weighted by atomic mass is 9.97. The molecule has 1 fully saturated rings. The first-order valence-corrected chi connectivity index (χ1v) is 7.50. The van der Waals surface area contributed by atoms with Crippen molar-refractivity contribution in [1.29, 1.82) is 0 Å². The van der Waals surface area contributed by atoms with E-state index in [0.717, 1.165) is 28.7 Å². The number of benzene rings is 1. The number of halogens is 1. The molecule has 1 heterocycles. The van der Waals surface area contributed by atoms with Crippen LogP contribution in [-0.2, 0) is 0 Å². The van der Waals surface area contributed by atoms with Gasteiger partial charge in [-0.25, -0.2) is 0 Å². The van der Waals surface area contributed by atoms with Crippen molar-refractivity contribution in [2.75, 3.05) is 11.4 Å². The first-order valence-electron chi connectivity index (χ1n) is 6.70. The summed E-state index contributed by atoms with van der Waals surface area (Å²) in [5.41, 5.74) is 1.95. The Kier molecular flexibility index (Phi) is 4.44. The van der Waals surface area contributed by atoms with Gasteiger partial charge in [0.2, 0.25) is 0 Å². The number of anilines is 1. The fraction of sp³-hybridized carbons (Fsp3) is 0.533. The first-order chi connectivity index (χ1) is 8.63. The van der Waals surface area contributed by atoms with Crippen LogP contribution in [0.5, 0.6) is 0 Å². The van der Waals surface area contributed by atoms with Gasteiger partial charge in [-0.15, -0.1) is 0 Å². The van der Waals surface area contributed by atoms with Gasteiger partial charge in [0, 0.05) is 28.3 Å². The van der Waals surface area contributed by atoms with Crippen LogP contribution in [0.25, 0.3) is 0 Å². The minimum atomic E-state index is 0.151. The van der Waals surface area contributed by atoms with Gasteiger partial charge in [0.25, 0.3) is 0 Å². The van der Waals surface area contributed by atoms with Gasteiger partial charge in [0.1, 0.15) is 0 Å². The second-order valence-corrected chi connectivity index (χ2v) is 5.88. The molecule has 0 radical (unpaired) electrons. The summed E-state index contributed by atoms with van der Waals surface area (Å²) in [6, 6.07) is 6.55. The zero-order valence-electron chi connectivity index (χ0n) is 11.1. The van der Waals surface area contributed by atoms with Gasteiger partial charge in [0.05, 0.1) is 0 Å². The zero-order chi connectivity index (χ0) is 13.1. The van der Waals surface area contributed by atoms with E-state index in [1.165, 1.54) is 19.3 Å². The van der Waals surface area contributed by atoms with Crippen molar-refractivity contribution in [2.24, 2.45) is 0 Å². The molecule has 0 amide bonds. The Morgan fingerprint density at radius 1 is 1.44 bits per heavy atom. The van der Waals surface area contributed by atoms with Crippen molar-refractivity contribution in [3.8, 4) is 0 Å². The molecule has 1 atom stereocenters. The largest absolute Gasteiger partial charge is 0.368 e. The Hall–Kier alpha value is -0.830. The highest BCUT2D eigenvalue weighted by Crippen LogP contribution is 2.31. The molecule has 0 saturated carbocycles. The molecule has 0 aromatic heterocycles. The summed E-state index contributed by atoms with van der Waals surface area (Å²) >= 11 is 3.52. The molecule has 2 rings (SSSR count). The summed E-state index contributed by atoms with van der Waals surface area (Å²) in [5.74, 6) is 0.151. The van der Waals surface area contributed by atoms with Crippen LogP contribution in [0, 0.1) is 0 Å². The smallest absolute Gasteiger partial charge is 0.161 e. The van der Waals surface area contributed by atoms with E-state index in [9.17, 15) is 4.79 Å². The van der Waals surface area contributed by atoms with E-state index < -0.39 is 0 Å². The average Bonchev–Trinajstić information content (AvgIpc) is 2.38. The quantitative estimate of drug-likeness (QED) is 0.770. The van der Waals surface area contributed by atoms with Gasteiger partial charge >= 0.3 is 0 Å². The second-order valence-electron chi connectivity index (χ2n) is 4.97. The number of nitrogens with zero attached hydrogens (tertiary/aromatic N) is 1. The van der Waals surface area contributed by atoms with E-state index in [4.69, 9.17) is 0 Å². The maximum atomic E-state index is 11.8. The molecule has 18 heavy (non-hydrogen) atoms. The molecule has 0 spiro atoms. The number of carbonyl (C=O) groups excluding carboxylic acids is 1. The second kappa shape index (κ2) is 5.87. The number of hydrogen-bond donors (Lipinski definition) is 0. The molecule has 1 unspecified atom stereocenters. The molecule has 1 aliphatic rings. The third-order valence-electron chi connectivity index (χ3n) is 3.75. The predicted molar refractivity (Wildman–Crippen MR) is 79.4 cm³/mol. The van der Waals surface area contributed by atoms with E-state index in [-0.39, 0.29) is 5.78 Å². The lowest BCUT2D eigenvalue weighted by Gasteiger charge is -2.38. The number of ketones is 1. The number of hydrogen-bond acceptors (Lipinski definition) is 2. The van der Waals surface area contributed by atoms with Gasteiger partial charge in [-0.05, 0) is 50.8 Å². The van der Waals surface area contributed by atoms with Crippen molar-refractivity contribution in [1.82, 2.24) is 0 Å². The number of piperidine rings is 1. The third-order valence-corrected chi connectivity index (χ3v) is 4.24. The molecule has 0 bridgehead atoms. The van der Waals surface area contributed by atoms with Crippen LogP contribution in [0.1, 0.15) is 49.9 Å². The lowest BCUT2D eigenvalue weighted by Crippen LogP contribution is -2.39. The zero-order valence-corrected chi connectivity index (χ0v) is 12.7. The first kappa shape index (κ1) is 13.6. The van der Waals surface area contributed by atoms with Crippen molar-refractivity contribution in [2.45, 2.75) is 45.6 Å². The van der Waals surface area contributed by atoms with Crippen molar-refractivity contribution in [3.63, 3.8) is 0 Å². The maximum absolute atomic E-state index is 11.8. The Balaban J connectivity index is 2.41. The SMILES string of the molecule is CCC1CCCCN1c1cc(Br)ccc1C(C)=O. The number of rotatable bonds is 3. The molecule has 1 aromatic carbocycles. The van der Waals surface area contributed by atoms with Crippen molar-refractivity contribution < 1.29 is 4.79 Å². The molecular formula is C15H20BrNO. The molecule has 0 aliphatic carbocycles. The molecule has 1 aliphatic heterocycles. The van der Waals surface area contributed by atoms with Gasteiger partial charge in [0.15, 0.2) is 5.78 Å². The summed E-state index contributed by atoms with van der Waals surface area (Å²) < 4.78 is 1.04. The topological polar surface area (TPSA) is 20.3 Å². The van der Waals surface area contributed by atoms with Crippen LogP contribution in [0.2, 0.25) is 0 Å². The van der Waals surface area contributed by atoms with Crippen LogP contribution in [-0.4, -0.2) is 18.4 Å². The van der Waals surface area contributed by atoms with E-state index in [1.54, 1.807) is 6.92 Å². The Labute approximate surface area is 117 Å². The fourth-order valence-corrected chi connectivity index (χ4v) is 3.13. The highest BCUT2D eigenvalue weighted by Gasteiger charge is 2.24. The molecule has 0 N–H and O–H groups in total. The van der Waals surface area contributed by atoms with Crippen LogP contribution in [0.3, 0.4) is 0 Å². The van der Waals surface area contributed by atoms with E-state index in [2.05, 4.69) is 33.8 Å². The number of Topliss-reactive ketones (excluding diaryl/α,β-unsaturated/α-hetero) is 1. The molecule has 3 heteroatoms. The minimum Gasteiger partial charge on any atom is -0.368 e. The molecule has 1 saturated heterocycles. The van der Waals surface area contributed by atoms with E-state index in [1.807, 2.05) is 12.1 Å². The van der Waals surface area contributed by atoms with Crippen molar-refractivity contribution in [3.05, 3.63) is 28.2 Å². The van der Waals surface area contributed by atoms with Crippen LogP contribution >= 0.6 is 15.9 Å². The highest BCUT2D eigenvalue weighted by molar-refractivity contribution is 9.10. The summed E-state index contributed by atoms with van der Waals surface area (Å²) in [4.78, 5) is 14.2. The molecule has 1 aromatic rings. The van der Waals surface area contributed by atoms with Gasteiger partial charge in [-0.1, -0.05) is 22.9 Å². The predicted octanol–water partition coefficient (Wildman–Crippen LogP) is 4.42. The standard InChI is InChI=1S/C15H20BrNO/c1-3-13-6-4-5-9-17(13)15-10-12(16)7-8-14(15)11(2)18/h7-8,10,13H,3-6,9H2,1-2H3. The Morgan fingerprint density at radius 2 is 2.22 bits per heavy atom. The monoisotopic (exact) mass is 309 g/mol. The summed E-state index contributed by atoms with van der Waals surface area (Å²) in [5, 5.41) is 0. The summed E-state index contributed by atoms with van der Waals surface area (Å²) in [6.07, 6.45) is 4.91. The van der Waals surface area contributed by atoms with E-state index in [0.29, 0.717) is 6.04 Å². The Bertz CT molecular complexity index is 444. The molecule has 98 valence electrons. The van der Waals surface area contributed by atoms with Crippen LogP contribution < -0.4 is 4.90 Å². The highest BCUT2D eigenvalue weighted by atomic mass is 79.9. The van der Waals surface area contributed by atoms with Gasteiger partial charge in [-0.2, -0.15) is 0 Å². The summed E-state index contributed by atoms with van der Waals surface area (Å²) in [7, 11) is 0. The maximum Gasteiger partial charge on any atom is 0.161 e. The van der Waals surface area contributed by atoms with Crippen LogP contribution in [0.4, 0.5) is 5.69 Å². The Morgan fingerprint density at radius 3 is 2.89 bits per heavy atom. The molecular weight excluding hydrogens is 290 g/mol. The van der Waals surface area contributed by atoms with Crippen molar-refractivity contribution >= 4 is 27.4 Å². The average molecular weight is 310 g/mol. The number of carbonyl (C=O) groups is 1. The van der Waals surface area contributed by atoms with Crippen LogP contribution in [0.15, 0.2) is 22.7 Å². The third kappa shape index (κ3) is 2.77. The van der Waals surface area contributed by atoms with E-state index >= 15 is 0 Å².